The molecule has 1 N–H and O–H groups in total. The molecule has 1 aromatic carbocycles. The molecule has 70 valence electrons. The van der Waals surface area contributed by atoms with E-state index in [4.69, 9.17) is 0 Å². The Morgan fingerprint density at radius 1 is 0.929 bits per heavy atom. The highest BCUT2D eigenvalue weighted by atomic mass is 16.3. The van der Waals surface area contributed by atoms with Gasteiger partial charge in [-0.1, -0.05) is 30.3 Å². The molecule has 0 aliphatic carbocycles. The molecule has 0 saturated heterocycles. The van der Waals surface area contributed by atoms with Crippen molar-refractivity contribution in [3.8, 4) is 0 Å². The van der Waals surface area contributed by atoms with Crippen molar-refractivity contribution >= 4 is 0 Å². The molecule has 0 bridgehead atoms. The van der Waals surface area contributed by atoms with Gasteiger partial charge in [0.1, 0.15) is 6.10 Å². The van der Waals surface area contributed by atoms with Gasteiger partial charge in [-0.05, 0) is 11.6 Å². The molecule has 0 amide bonds. The number of hydrogen-bond donors (Lipinski definition) is 1. The van der Waals surface area contributed by atoms with Crippen LogP contribution in [0.5, 0.6) is 0 Å². The lowest BCUT2D eigenvalue weighted by Gasteiger charge is -2.09. The zero-order chi connectivity index (χ0) is 9.80. The van der Waals surface area contributed by atoms with E-state index in [9.17, 15) is 5.11 Å². The SMILES string of the molecule is OC(c1ccccc1)c1ccnnc1. The molecular weight excluding hydrogens is 176 g/mol. The zero-order valence-corrected chi connectivity index (χ0v) is 7.54. The Bertz CT molecular complexity index is 349. The molecule has 0 saturated carbocycles. The molecule has 0 spiro atoms. The average molecular weight is 186 g/mol. The van der Waals surface area contributed by atoms with Crippen LogP contribution in [0, 0.1) is 0 Å². The third-order valence-corrected chi connectivity index (χ3v) is 2.04. The summed E-state index contributed by atoms with van der Waals surface area (Å²) in [4.78, 5) is 0. The first-order chi connectivity index (χ1) is 6.88. The van der Waals surface area contributed by atoms with E-state index in [1.165, 1.54) is 0 Å². The van der Waals surface area contributed by atoms with Crippen LogP contribution < -0.4 is 0 Å². The van der Waals surface area contributed by atoms with Crippen molar-refractivity contribution < 1.29 is 5.11 Å². The Morgan fingerprint density at radius 3 is 2.36 bits per heavy atom. The van der Waals surface area contributed by atoms with E-state index in [2.05, 4.69) is 10.2 Å². The van der Waals surface area contributed by atoms with Crippen LogP contribution in [0.2, 0.25) is 0 Å². The van der Waals surface area contributed by atoms with Gasteiger partial charge in [0.2, 0.25) is 0 Å². The van der Waals surface area contributed by atoms with Crippen molar-refractivity contribution in [2.75, 3.05) is 0 Å². The van der Waals surface area contributed by atoms with Crippen molar-refractivity contribution in [3.63, 3.8) is 0 Å². The van der Waals surface area contributed by atoms with Gasteiger partial charge in [-0.15, -0.1) is 0 Å². The highest BCUT2D eigenvalue weighted by Gasteiger charge is 2.08. The number of nitrogens with zero attached hydrogens (tertiary/aromatic N) is 2. The first-order valence-electron chi connectivity index (χ1n) is 4.37. The number of aliphatic hydroxyl groups excluding tert-OH is 1. The van der Waals surface area contributed by atoms with Crippen LogP contribution in [0.4, 0.5) is 0 Å². The lowest BCUT2D eigenvalue weighted by atomic mass is 10.0. The third kappa shape index (κ3) is 1.78. The molecule has 1 atom stereocenters. The number of aliphatic hydroxyl groups is 1. The first-order valence-corrected chi connectivity index (χ1v) is 4.37. The van der Waals surface area contributed by atoms with Crippen LogP contribution in [-0.4, -0.2) is 15.3 Å². The van der Waals surface area contributed by atoms with Gasteiger partial charge in [-0.3, -0.25) is 0 Å². The van der Waals surface area contributed by atoms with E-state index < -0.39 is 6.10 Å². The van der Waals surface area contributed by atoms with Crippen molar-refractivity contribution in [3.05, 3.63) is 59.9 Å². The van der Waals surface area contributed by atoms with Gasteiger partial charge in [0, 0.05) is 11.8 Å². The molecule has 14 heavy (non-hydrogen) atoms. The third-order valence-electron chi connectivity index (χ3n) is 2.04. The van der Waals surface area contributed by atoms with Crippen LogP contribution in [0.25, 0.3) is 0 Å². The monoisotopic (exact) mass is 186 g/mol. The van der Waals surface area contributed by atoms with Gasteiger partial charge in [0.25, 0.3) is 0 Å². The Kier molecular flexibility index (Phi) is 2.51. The number of hydrogen-bond acceptors (Lipinski definition) is 3. The molecule has 1 heterocycles. The lowest BCUT2D eigenvalue weighted by Crippen LogP contribution is -1.99. The summed E-state index contributed by atoms with van der Waals surface area (Å²) in [6.45, 7) is 0. The van der Waals surface area contributed by atoms with E-state index >= 15 is 0 Å². The predicted molar refractivity (Wildman–Crippen MR) is 52.5 cm³/mol. The summed E-state index contributed by atoms with van der Waals surface area (Å²) in [6.07, 6.45) is 2.52. The molecule has 0 aliphatic rings. The largest absolute Gasteiger partial charge is 0.384 e. The van der Waals surface area contributed by atoms with E-state index in [1.807, 2.05) is 30.3 Å². The minimum Gasteiger partial charge on any atom is -0.384 e. The van der Waals surface area contributed by atoms with Gasteiger partial charge in [0.15, 0.2) is 0 Å². The molecule has 2 aromatic rings. The van der Waals surface area contributed by atoms with Crippen LogP contribution in [0.1, 0.15) is 17.2 Å². The van der Waals surface area contributed by atoms with Gasteiger partial charge in [0.05, 0.1) is 6.20 Å². The Labute approximate surface area is 82.1 Å². The minimum absolute atomic E-state index is 0.619. The van der Waals surface area contributed by atoms with Crippen LogP contribution >= 0.6 is 0 Å². The fourth-order valence-electron chi connectivity index (χ4n) is 1.29. The van der Waals surface area contributed by atoms with Crippen molar-refractivity contribution in [2.45, 2.75) is 6.10 Å². The van der Waals surface area contributed by atoms with E-state index in [-0.39, 0.29) is 0 Å². The highest BCUT2D eigenvalue weighted by molar-refractivity contribution is 5.26. The molecule has 1 unspecified atom stereocenters. The normalized spacial score (nSPS) is 12.4. The summed E-state index contributed by atoms with van der Waals surface area (Å²) in [5, 5.41) is 17.3. The van der Waals surface area contributed by atoms with Gasteiger partial charge < -0.3 is 5.11 Å². The molecule has 0 aliphatic heterocycles. The summed E-state index contributed by atoms with van der Waals surface area (Å²) in [5.41, 5.74) is 1.62. The fourth-order valence-corrected chi connectivity index (χ4v) is 1.29. The molecule has 2 rings (SSSR count). The smallest absolute Gasteiger partial charge is 0.106 e. The Balaban J connectivity index is 2.30. The predicted octanol–water partition coefficient (Wildman–Crippen LogP) is 1.56. The van der Waals surface area contributed by atoms with Gasteiger partial charge in [-0.25, -0.2) is 0 Å². The summed E-state index contributed by atoms with van der Waals surface area (Å²) in [5.74, 6) is 0. The van der Waals surface area contributed by atoms with Gasteiger partial charge >= 0.3 is 0 Å². The van der Waals surface area contributed by atoms with Crippen molar-refractivity contribution in [1.29, 1.82) is 0 Å². The second-order valence-corrected chi connectivity index (χ2v) is 2.99. The lowest BCUT2D eigenvalue weighted by molar-refractivity contribution is 0.219. The summed E-state index contributed by atoms with van der Waals surface area (Å²) in [6, 6.07) is 11.2. The van der Waals surface area contributed by atoms with E-state index in [1.54, 1.807) is 18.5 Å². The Morgan fingerprint density at radius 2 is 1.71 bits per heavy atom. The number of aromatic nitrogens is 2. The second-order valence-electron chi connectivity index (χ2n) is 2.99. The maximum atomic E-state index is 9.92. The first kappa shape index (κ1) is 8.84. The van der Waals surface area contributed by atoms with Gasteiger partial charge in [-0.2, -0.15) is 10.2 Å². The van der Waals surface area contributed by atoms with Crippen LogP contribution in [-0.2, 0) is 0 Å². The van der Waals surface area contributed by atoms with Crippen molar-refractivity contribution in [1.82, 2.24) is 10.2 Å². The fraction of sp³-hybridized carbons (Fsp3) is 0.0909. The standard InChI is InChI=1S/C11H10N2O/c14-11(9-4-2-1-3-5-9)10-6-7-12-13-8-10/h1-8,11,14H. The molecule has 0 fully saturated rings. The molecular formula is C11H10N2O. The molecule has 3 nitrogen and oxygen atoms in total. The summed E-state index contributed by atoms with van der Waals surface area (Å²) in [7, 11) is 0. The molecule has 3 heteroatoms. The average Bonchev–Trinajstić information content (AvgIpc) is 2.30. The van der Waals surface area contributed by atoms with E-state index in [0.29, 0.717) is 0 Å². The quantitative estimate of drug-likeness (QED) is 0.774. The second kappa shape index (κ2) is 3.98. The topological polar surface area (TPSA) is 46.0 Å². The van der Waals surface area contributed by atoms with Crippen molar-refractivity contribution in [2.24, 2.45) is 0 Å². The maximum Gasteiger partial charge on any atom is 0.106 e. The maximum absolute atomic E-state index is 9.92. The summed E-state index contributed by atoms with van der Waals surface area (Å²) < 4.78 is 0. The molecule has 0 radical (unpaired) electrons. The zero-order valence-electron chi connectivity index (χ0n) is 7.54. The minimum atomic E-state index is -0.619. The Hall–Kier alpha value is -1.74. The number of benzene rings is 1. The van der Waals surface area contributed by atoms with E-state index in [0.717, 1.165) is 11.1 Å². The number of rotatable bonds is 2. The van der Waals surface area contributed by atoms with Crippen LogP contribution in [0.15, 0.2) is 48.8 Å². The molecule has 1 aromatic heterocycles. The summed E-state index contributed by atoms with van der Waals surface area (Å²) >= 11 is 0. The van der Waals surface area contributed by atoms with Crippen LogP contribution in [0.3, 0.4) is 0 Å². The highest BCUT2D eigenvalue weighted by Crippen LogP contribution is 2.19.